The van der Waals surface area contributed by atoms with E-state index in [1.54, 1.807) is 24.3 Å². The molecule has 8 heteroatoms. The van der Waals surface area contributed by atoms with Gasteiger partial charge in [-0.25, -0.2) is 9.59 Å². The largest absolute Gasteiger partial charge is 0.480 e. The number of carboxylic acid groups (broad SMARTS) is 1. The van der Waals surface area contributed by atoms with E-state index in [-0.39, 0.29) is 13.0 Å². The van der Waals surface area contributed by atoms with Gasteiger partial charge in [0.1, 0.15) is 12.6 Å². The number of hydrogen-bond acceptors (Lipinski definition) is 6. The molecule has 0 spiro atoms. The molecule has 0 radical (unpaired) electrons. The van der Waals surface area contributed by atoms with Crippen LogP contribution in [0.15, 0.2) is 30.3 Å². The second-order valence-electron chi connectivity index (χ2n) is 5.43. The van der Waals surface area contributed by atoms with Crippen molar-refractivity contribution in [2.24, 2.45) is 5.92 Å². The first-order valence-electron chi connectivity index (χ1n) is 7.40. The number of rotatable bonds is 5. The quantitative estimate of drug-likeness (QED) is 0.758. The van der Waals surface area contributed by atoms with E-state index >= 15 is 0 Å². The van der Waals surface area contributed by atoms with Crippen LogP contribution in [-0.4, -0.2) is 58.9 Å². The molecule has 1 saturated heterocycles. The number of esters is 1. The smallest absolute Gasteiger partial charge is 0.411 e. The first-order chi connectivity index (χ1) is 11.5. The Morgan fingerprint density at radius 2 is 1.92 bits per heavy atom. The van der Waals surface area contributed by atoms with Gasteiger partial charge >= 0.3 is 18.0 Å². The van der Waals surface area contributed by atoms with Gasteiger partial charge in [-0.1, -0.05) is 30.3 Å². The van der Waals surface area contributed by atoms with Crippen molar-refractivity contribution >= 4 is 18.0 Å². The van der Waals surface area contributed by atoms with Crippen molar-refractivity contribution in [1.82, 2.24) is 4.90 Å². The van der Waals surface area contributed by atoms with Crippen molar-refractivity contribution in [3.8, 4) is 0 Å². The molecule has 0 saturated carbocycles. The summed E-state index contributed by atoms with van der Waals surface area (Å²) < 4.78 is 9.75. The predicted octanol–water partition coefficient (Wildman–Crippen LogP) is 0.632. The molecule has 1 amide bonds. The lowest BCUT2D eigenvalue weighted by atomic mass is 9.99. The molecule has 1 aromatic rings. The van der Waals surface area contributed by atoms with Gasteiger partial charge in [-0.05, 0) is 12.0 Å². The van der Waals surface area contributed by atoms with Gasteiger partial charge in [0.25, 0.3) is 0 Å². The van der Waals surface area contributed by atoms with Gasteiger partial charge in [-0.3, -0.25) is 9.69 Å². The molecule has 0 aliphatic carbocycles. The lowest BCUT2D eigenvalue weighted by Gasteiger charge is -2.27. The molecule has 0 unspecified atom stereocenters. The number of likely N-dealkylation sites (tertiary alicyclic amines) is 1. The fourth-order valence-electron chi connectivity index (χ4n) is 2.84. The summed E-state index contributed by atoms with van der Waals surface area (Å²) in [7, 11) is 1.14. The van der Waals surface area contributed by atoms with Crippen LogP contribution in [0.3, 0.4) is 0 Å². The van der Waals surface area contributed by atoms with Crippen molar-refractivity contribution in [2.75, 3.05) is 13.7 Å². The number of carbonyl (C=O) groups excluding carboxylic acids is 2. The number of nitrogens with zero attached hydrogens (tertiary/aromatic N) is 1. The van der Waals surface area contributed by atoms with Crippen molar-refractivity contribution in [3.63, 3.8) is 0 Å². The molecule has 1 heterocycles. The van der Waals surface area contributed by atoms with E-state index in [4.69, 9.17) is 4.74 Å². The van der Waals surface area contributed by atoms with Gasteiger partial charge < -0.3 is 19.7 Å². The third kappa shape index (κ3) is 3.65. The molecule has 2 rings (SSSR count). The average Bonchev–Trinajstić information content (AvgIpc) is 2.99. The topological polar surface area (TPSA) is 113 Å². The van der Waals surface area contributed by atoms with E-state index < -0.39 is 42.6 Å². The Morgan fingerprint density at radius 1 is 1.25 bits per heavy atom. The lowest BCUT2D eigenvalue weighted by Crippen LogP contribution is -2.48. The van der Waals surface area contributed by atoms with Gasteiger partial charge in [0.15, 0.2) is 0 Å². The van der Waals surface area contributed by atoms with Gasteiger partial charge in [0.05, 0.1) is 25.7 Å². The zero-order chi connectivity index (χ0) is 17.7. The summed E-state index contributed by atoms with van der Waals surface area (Å²) >= 11 is 0. The molecule has 3 atom stereocenters. The fourth-order valence-corrected chi connectivity index (χ4v) is 2.84. The molecule has 24 heavy (non-hydrogen) atoms. The molecule has 1 aliphatic rings. The Morgan fingerprint density at radius 3 is 2.46 bits per heavy atom. The zero-order valence-electron chi connectivity index (χ0n) is 13.1. The summed E-state index contributed by atoms with van der Waals surface area (Å²) in [5.41, 5.74) is 0.738. The van der Waals surface area contributed by atoms with Crippen LogP contribution in [0.4, 0.5) is 4.79 Å². The van der Waals surface area contributed by atoms with Gasteiger partial charge in [0.2, 0.25) is 0 Å². The Balaban J connectivity index is 2.15. The first kappa shape index (κ1) is 17.7. The monoisotopic (exact) mass is 337 g/mol. The van der Waals surface area contributed by atoms with Crippen LogP contribution in [0.1, 0.15) is 12.0 Å². The fraction of sp³-hybridized carbons (Fsp3) is 0.438. The number of aliphatic hydroxyl groups is 1. The van der Waals surface area contributed by atoms with E-state index in [2.05, 4.69) is 4.74 Å². The third-order valence-corrected chi connectivity index (χ3v) is 3.98. The third-order valence-electron chi connectivity index (χ3n) is 3.98. The van der Waals surface area contributed by atoms with Crippen LogP contribution in [0.2, 0.25) is 0 Å². The van der Waals surface area contributed by atoms with Crippen molar-refractivity contribution < 1.29 is 34.1 Å². The minimum atomic E-state index is -1.43. The molecule has 1 fully saturated rings. The van der Waals surface area contributed by atoms with Crippen molar-refractivity contribution in [3.05, 3.63) is 35.9 Å². The predicted molar refractivity (Wildman–Crippen MR) is 80.9 cm³/mol. The highest BCUT2D eigenvalue weighted by Gasteiger charge is 2.51. The maximum absolute atomic E-state index is 12.3. The van der Waals surface area contributed by atoms with Crippen LogP contribution >= 0.6 is 0 Å². The molecule has 130 valence electrons. The second kappa shape index (κ2) is 7.78. The molecule has 8 nitrogen and oxygen atoms in total. The number of carboxylic acids is 1. The van der Waals surface area contributed by atoms with E-state index in [1.807, 2.05) is 6.07 Å². The molecule has 0 bridgehead atoms. The average molecular weight is 337 g/mol. The standard InChI is InChI=1S/C16H19NO7/c1-23-15(21)12-7-11(8-18)17(13(12)14(19)20)16(22)24-9-10-5-3-2-4-6-10/h2-6,11-13,18H,7-9H2,1H3,(H,19,20)/t11-,12-,13+/m1/s1. The number of benzene rings is 1. The van der Waals surface area contributed by atoms with E-state index in [9.17, 15) is 24.6 Å². The molecule has 1 aliphatic heterocycles. The summed E-state index contributed by atoms with van der Waals surface area (Å²) in [6, 6.07) is 6.64. The number of carbonyl (C=O) groups is 3. The normalized spacial score (nSPS) is 22.9. The second-order valence-corrected chi connectivity index (χ2v) is 5.43. The van der Waals surface area contributed by atoms with E-state index in [0.717, 1.165) is 17.6 Å². The minimum Gasteiger partial charge on any atom is -0.480 e. The number of aliphatic hydroxyl groups excluding tert-OH is 1. The number of ether oxygens (including phenoxy) is 2. The Kier molecular flexibility index (Phi) is 5.75. The maximum Gasteiger partial charge on any atom is 0.411 e. The van der Waals surface area contributed by atoms with Crippen LogP contribution in [0, 0.1) is 5.92 Å². The number of amides is 1. The molecular formula is C16H19NO7. The number of hydrogen-bond donors (Lipinski definition) is 2. The maximum atomic E-state index is 12.3. The van der Waals surface area contributed by atoms with Crippen LogP contribution in [0.25, 0.3) is 0 Å². The Bertz CT molecular complexity index is 604. The Hall–Kier alpha value is -2.61. The minimum absolute atomic E-state index is 0.000572. The highest BCUT2D eigenvalue weighted by molar-refractivity contribution is 5.88. The zero-order valence-corrected chi connectivity index (χ0v) is 13.1. The molecular weight excluding hydrogens is 318 g/mol. The highest BCUT2D eigenvalue weighted by atomic mass is 16.6. The van der Waals surface area contributed by atoms with Crippen LogP contribution in [-0.2, 0) is 25.7 Å². The summed E-state index contributed by atoms with van der Waals surface area (Å²) in [5.74, 6) is -3.13. The SMILES string of the molecule is COC(=O)[C@@H]1C[C@H](CO)N(C(=O)OCc2ccccc2)[C@@H]1C(=O)O. The van der Waals surface area contributed by atoms with Crippen LogP contribution < -0.4 is 0 Å². The van der Waals surface area contributed by atoms with Gasteiger partial charge in [-0.2, -0.15) is 0 Å². The van der Waals surface area contributed by atoms with Crippen molar-refractivity contribution in [1.29, 1.82) is 0 Å². The highest BCUT2D eigenvalue weighted by Crippen LogP contribution is 2.32. The first-order valence-corrected chi connectivity index (χ1v) is 7.40. The van der Waals surface area contributed by atoms with E-state index in [1.165, 1.54) is 0 Å². The molecule has 1 aromatic carbocycles. The molecule has 0 aromatic heterocycles. The van der Waals surface area contributed by atoms with Gasteiger partial charge in [0, 0.05) is 0 Å². The summed E-state index contributed by atoms with van der Waals surface area (Å²) in [6.45, 7) is -0.513. The Labute approximate surface area is 138 Å². The van der Waals surface area contributed by atoms with E-state index in [0.29, 0.717) is 0 Å². The lowest BCUT2D eigenvalue weighted by molar-refractivity contribution is -0.153. The summed E-state index contributed by atoms with van der Waals surface area (Å²) in [6.07, 6.45) is -0.891. The van der Waals surface area contributed by atoms with Crippen molar-refractivity contribution in [2.45, 2.75) is 25.1 Å². The molecule has 2 N–H and O–H groups in total. The summed E-state index contributed by atoms with van der Waals surface area (Å²) in [5, 5.41) is 18.9. The number of aliphatic carboxylic acids is 1. The summed E-state index contributed by atoms with van der Waals surface area (Å²) in [4.78, 5) is 36.6. The van der Waals surface area contributed by atoms with Crippen LogP contribution in [0.5, 0.6) is 0 Å². The number of methoxy groups -OCH3 is 1. The van der Waals surface area contributed by atoms with Gasteiger partial charge in [-0.15, -0.1) is 0 Å².